The van der Waals surface area contributed by atoms with E-state index in [0.717, 1.165) is 11.3 Å². The molecule has 0 radical (unpaired) electrons. The van der Waals surface area contributed by atoms with Crippen LogP contribution in [-0.2, 0) is 11.3 Å². The van der Waals surface area contributed by atoms with Gasteiger partial charge < -0.3 is 9.73 Å². The summed E-state index contributed by atoms with van der Waals surface area (Å²) in [5, 5.41) is 12.3. The van der Waals surface area contributed by atoms with Gasteiger partial charge in [-0.1, -0.05) is 41.6 Å². The van der Waals surface area contributed by atoms with Crippen molar-refractivity contribution in [3.63, 3.8) is 0 Å². The number of thioether (sulfide) groups is 1. The standard InChI is InChI=1S/C22H18ClFN4O2S/c1-14-8-9-15(11-19(14)24)25-20(29)13-31-22-27-26-21(17-6-2-3-7-18(17)23)28(22)12-16-5-4-10-30-16/h2-11H,12-13H2,1H3,(H,25,29). The topological polar surface area (TPSA) is 73.0 Å². The van der Waals surface area contributed by atoms with Crippen molar-refractivity contribution in [3.05, 3.63) is 83.0 Å². The number of benzene rings is 2. The van der Waals surface area contributed by atoms with Crippen LogP contribution in [0.5, 0.6) is 0 Å². The molecule has 31 heavy (non-hydrogen) atoms. The van der Waals surface area contributed by atoms with Crippen molar-refractivity contribution < 1.29 is 13.6 Å². The lowest BCUT2D eigenvalue weighted by Crippen LogP contribution is -2.15. The molecule has 0 atom stereocenters. The van der Waals surface area contributed by atoms with Crippen LogP contribution in [0.25, 0.3) is 11.4 Å². The second kappa shape index (κ2) is 9.36. The zero-order valence-electron chi connectivity index (χ0n) is 16.5. The highest BCUT2D eigenvalue weighted by Crippen LogP contribution is 2.30. The number of hydrogen-bond donors (Lipinski definition) is 1. The van der Waals surface area contributed by atoms with Crippen LogP contribution in [0.15, 0.2) is 70.4 Å². The fraction of sp³-hybridized carbons (Fsp3) is 0.136. The monoisotopic (exact) mass is 456 g/mol. The summed E-state index contributed by atoms with van der Waals surface area (Å²) < 4.78 is 21.0. The minimum absolute atomic E-state index is 0.0777. The third kappa shape index (κ3) is 4.98. The van der Waals surface area contributed by atoms with E-state index in [0.29, 0.717) is 33.8 Å². The van der Waals surface area contributed by atoms with Gasteiger partial charge in [-0.3, -0.25) is 9.36 Å². The average molecular weight is 457 g/mol. The van der Waals surface area contributed by atoms with Gasteiger partial charge in [0.1, 0.15) is 11.6 Å². The van der Waals surface area contributed by atoms with E-state index in [1.807, 2.05) is 28.8 Å². The Kier molecular flexibility index (Phi) is 6.39. The molecule has 0 spiro atoms. The number of nitrogens with zero attached hydrogens (tertiary/aromatic N) is 3. The van der Waals surface area contributed by atoms with Gasteiger partial charge in [-0.05, 0) is 48.9 Å². The molecular formula is C22H18ClFN4O2S. The number of furan rings is 1. The lowest BCUT2D eigenvalue weighted by Gasteiger charge is -2.10. The van der Waals surface area contributed by atoms with E-state index >= 15 is 0 Å². The number of amides is 1. The lowest BCUT2D eigenvalue weighted by molar-refractivity contribution is -0.113. The smallest absolute Gasteiger partial charge is 0.234 e. The Hall–Kier alpha value is -3.10. The number of carbonyl (C=O) groups is 1. The first-order valence-corrected chi connectivity index (χ1v) is 10.8. The Balaban J connectivity index is 1.54. The predicted molar refractivity (Wildman–Crippen MR) is 119 cm³/mol. The molecule has 0 aliphatic carbocycles. The summed E-state index contributed by atoms with van der Waals surface area (Å²) in [6, 6.07) is 15.6. The molecule has 4 rings (SSSR count). The van der Waals surface area contributed by atoms with Crippen molar-refractivity contribution in [3.8, 4) is 11.4 Å². The summed E-state index contributed by atoms with van der Waals surface area (Å²) in [6.07, 6.45) is 1.59. The van der Waals surface area contributed by atoms with Crippen LogP contribution in [-0.4, -0.2) is 26.4 Å². The number of hydrogen-bond acceptors (Lipinski definition) is 5. The summed E-state index contributed by atoms with van der Waals surface area (Å²) in [6.45, 7) is 2.05. The molecule has 0 aliphatic heterocycles. The quantitative estimate of drug-likeness (QED) is 0.376. The lowest BCUT2D eigenvalue weighted by atomic mass is 10.2. The molecule has 0 saturated carbocycles. The molecule has 9 heteroatoms. The molecule has 6 nitrogen and oxygen atoms in total. The van der Waals surface area contributed by atoms with E-state index in [1.165, 1.54) is 17.8 Å². The van der Waals surface area contributed by atoms with E-state index in [9.17, 15) is 9.18 Å². The van der Waals surface area contributed by atoms with Crippen LogP contribution in [0.3, 0.4) is 0 Å². The van der Waals surface area contributed by atoms with Crippen LogP contribution in [0.4, 0.5) is 10.1 Å². The molecule has 0 bridgehead atoms. The maximum atomic E-state index is 13.7. The summed E-state index contributed by atoms with van der Waals surface area (Å²) in [4.78, 5) is 12.4. The molecule has 4 aromatic rings. The Bertz CT molecular complexity index is 1210. The largest absolute Gasteiger partial charge is 0.467 e. The number of nitrogens with one attached hydrogen (secondary N) is 1. The summed E-state index contributed by atoms with van der Waals surface area (Å²) >= 11 is 7.58. The molecule has 2 heterocycles. The third-order valence-corrected chi connectivity index (χ3v) is 5.81. The van der Waals surface area contributed by atoms with Crippen LogP contribution in [0, 0.1) is 12.7 Å². The predicted octanol–water partition coefficient (Wildman–Crippen LogP) is 5.42. The van der Waals surface area contributed by atoms with Crippen molar-refractivity contribution in [2.75, 3.05) is 11.1 Å². The summed E-state index contributed by atoms with van der Waals surface area (Å²) in [7, 11) is 0. The van der Waals surface area contributed by atoms with E-state index in [4.69, 9.17) is 16.0 Å². The number of aryl methyl sites for hydroxylation is 1. The first-order chi connectivity index (χ1) is 15.0. The second-order valence-corrected chi connectivity index (χ2v) is 8.10. The van der Waals surface area contributed by atoms with Gasteiger partial charge in [0.15, 0.2) is 11.0 Å². The highest BCUT2D eigenvalue weighted by molar-refractivity contribution is 7.99. The van der Waals surface area contributed by atoms with Gasteiger partial charge in [0.05, 0.1) is 23.6 Å². The van der Waals surface area contributed by atoms with E-state index < -0.39 is 0 Å². The third-order valence-electron chi connectivity index (χ3n) is 4.51. The number of aromatic nitrogens is 3. The van der Waals surface area contributed by atoms with Crippen LogP contribution in [0.1, 0.15) is 11.3 Å². The van der Waals surface area contributed by atoms with Crippen LogP contribution < -0.4 is 5.32 Å². The van der Waals surface area contributed by atoms with E-state index in [1.54, 1.807) is 37.5 Å². The van der Waals surface area contributed by atoms with Crippen LogP contribution >= 0.6 is 23.4 Å². The Labute approximate surface area is 187 Å². The summed E-state index contributed by atoms with van der Waals surface area (Å²) in [5.74, 6) is 0.724. The van der Waals surface area contributed by atoms with Crippen molar-refractivity contribution in [2.45, 2.75) is 18.6 Å². The molecule has 0 aliphatic rings. The minimum Gasteiger partial charge on any atom is -0.467 e. The molecule has 2 aromatic heterocycles. The molecule has 158 valence electrons. The number of halogens is 2. The average Bonchev–Trinajstić information content (AvgIpc) is 3.40. The van der Waals surface area contributed by atoms with E-state index in [2.05, 4.69) is 15.5 Å². The zero-order valence-corrected chi connectivity index (χ0v) is 18.1. The zero-order chi connectivity index (χ0) is 21.8. The molecule has 0 unspecified atom stereocenters. The molecule has 0 fully saturated rings. The Morgan fingerprint density at radius 3 is 2.77 bits per heavy atom. The first kappa shape index (κ1) is 21.1. The minimum atomic E-state index is -0.368. The van der Waals surface area contributed by atoms with Crippen molar-refractivity contribution >= 4 is 35.0 Å². The fourth-order valence-corrected chi connectivity index (χ4v) is 3.89. The van der Waals surface area contributed by atoms with Gasteiger partial charge >= 0.3 is 0 Å². The van der Waals surface area contributed by atoms with Gasteiger partial charge in [-0.25, -0.2) is 4.39 Å². The van der Waals surface area contributed by atoms with Gasteiger partial charge in [0, 0.05) is 11.3 Å². The maximum absolute atomic E-state index is 13.7. The number of anilines is 1. The first-order valence-electron chi connectivity index (χ1n) is 9.40. The highest BCUT2D eigenvalue weighted by atomic mass is 35.5. The molecule has 1 amide bonds. The Morgan fingerprint density at radius 1 is 1.19 bits per heavy atom. The van der Waals surface area contributed by atoms with Crippen molar-refractivity contribution in [1.82, 2.24) is 14.8 Å². The highest BCUT2D eigenvalue weighted by Gasteiger charge is 2.18. The normalized spacial score (nSPS) is 10.9. The molecule has 0 saturated heterocycles. The van der Waals surface area contributed by atoms with Gasteiger partial charge in [0.2, 0.25) is 5.91 Å². The van der Waals surface area contributed by atoms with Crippen molar-refractivity contribution in [2.24, 2.45) is 0 Å². The van der Waals surface area contributed by atoms with Gasteiger partial charge in [-0.2, -0.15) is 0 Å². The van der Waals surface area contributed by atoms with Crippen LogP contribution in [0.2, 0.25) is 5.02 Å². The summed E-state index contributed by atoms with van der Waals surface area (Å²) in [5.41, 5.74) is 1.66. The van der Waals surface area contributed by atoms with Gasteiger partial charge in [-0.15, -0.1) is 10.2 Å². The maximum Gasteiger partial charge on any atom is 0.234 e. The number of carbonyl (C=O) groups excluding carboxylic acids is 1. The molecule has 2 aromatic carbocycles. The second-order valence-electron chi connectivity index (χ2n) is 6.75. The van der Waals surface area contributed by atoms with Gasteiger partial charge in [0.25, 0.3) is 0 Å². The Morgan fingerprint density at radius 2 is 2.03 bits per heavy atom. The SMILES string of the molecule is Cc1ccc(NC(=O)CSc2nnc(-c3ccccc3Cl)n2Cc2ccco2)cc1F. The van der Waals surface area contributed by atoms with E-state index in [-0.39, 0.29) is 17.5 Å². The fourth-order valence-electron chi connectivity index (χ4n) is 2.94. The van der Waals surface area contributed by atoms with Crippen molar-refractivity contribution in [1.29, 1.82) is 0 Å². The number of rotatable bonds is 7. The molecular weight excluding hydrogens is 439 g/mol. The molecule has 1 N–H and O–H groups in total.